The predicted octanol–water partition coefficient (Wildman–Crippen LogP) is 2.16. The summed E-state index contributed by atoms with van der Waals surface area (Å²) in [4.78, 5) is 0. The first-order valence-electron chi connectivity index (χ1n) is 5.40. The zero-order chi connectivity index (χ0) is 8.40. The molecule has 0 saturated heterocycles. The number of hydrogen-bond acceptors (Lipinski definition) is 1. The third kappa shape index (κ3) is 0.654. The van der Waals surface area contributed by atoms with Gasteiger partial charge in [-0.15, -0.1) is 0 Å². The summed E-state index contributed by atoms with van der Waals surface area (Å²) < 4.78 is 0. The van der Waals surface area contributed by atoms with E-state index in [1.807, 2.05) is 0 Å². The summed E-state index contributed by atoms with van der Waals surface area (Å²) in [6.45, 7) is 3.47. The van der Waals surface area contributed by atoms with Gasteiger partial charge in [-0.3, -0.25) is 0 Å². The van der Waals surface area contributed by atoms with Gasteiger partial charge in [-0.05, 0) is 61.3 Å². The Morgan fingerprint density at radius 2 is 1.83 bits per heavy atom. The van der Waals surface area contributed by atoms with E-state index in [-0.39, 0.29) is 0 Å². The summed E-state index contributed by atoms with van der Waals surface area (Å²) in [5, 5.41) is 0. The minimum atomic E-state index is 0.614. The second-order valence-corrected chi connectivity index (χ2v) is 5.67. The molecule has 0 radical (unpaired) electrons. The zero-order valence-corrected chi connectivity index (χ0v) is 7.97. The van der Waals surface area contributed by atoms with E-state index in [0.717, 1.165) is 23.8 Å². The van der Waals surface area contributed by atoms with Gasteiger partial charge in [0.1, 0.15) is 0 Å². The molecule has 2 unspecified atom stereocenters. The van der Waals surface area contributed by atoms with Crippen molar-refractivity contribution < 1.29 is 0 Å². The topological polar surface area (TPSA) is 26.0 Å². The first kappa shape index (κ1) is 7.37. The van der Waals surface area contributed by atoms with Gasteiger partial charge >= 0.3 is 0 Å². The van der Waals surface area contributed by atoms with Crippen LogP contribution in [0.1, 0.15) is 39.0 Å². The summed E-state index contributed by atoms with van der Waals surface area (Å²) >= 11 is 0. The van der Waals surface area contributed by atoms with Crippen LogP contribution in [0, 0.1) is 22.7 Å². The maximum Gasteiger partial charge on any atom is -0.00178 e. The second-order valence-electron chi connectivity index (χ2n) is 5.67. The van der Waals surface area contributed by atoms with Crippen LogP contribution in [-0.2, 0) is 0 Å². The van der Waals surface area contributed by atoms with Gasteiger partial charge < -0.3 is 5.73 Å². The first-order valence-corrected chi connectivity index (χ1v) is 5.40. The Morgan fingerprint density at radius 1 is 1.17 bits per heavy atom. The fraction of sp³-hybridized carbons (Fsp3) is 1.00. The van der Waals surface area contributed by atoms with Crippen LogP contribution in [0.4, 0.5) is 0 Å². The van der Waals surface area contributed by atoms with Crippen LogP contribution in [0.25, 0.3) is 0 Å². The first-order chi connectivity index (χ1) is 5.70. The van der Waals surface area contributed by atoms with Gasteiger partial charge in [0.05, 0.1) is 0 Å². The van der Waals surface area contributed by atoms with E-state index in [1.54, 1.807) is 0 Å². The molecular formula is C11H19N. The fourth-order valence-corrected chi connectivity index (χ4v) is 4.06. The molecule has 0 amide bonds. The van der Waals surface area contributed by atoms with Crippen LogP contribution in [0.15, 0.2) is 0 Å². The monoisotopic (exact) mass is 165 g/mol. The van der Waals surface area contributed by atoms with E-state index in [1.165, 1.54) is 32.1 Å². The maximum atomic E-state index is 5.93. The van der Waals surface area contributed by atoms with Gasteiger partial charge in [0.25, 0.3) is 0 Å². The molecule has 4 aliphatic carbocycles. The van der Waals surface area contributed by atoms with Gasteiger partial charge in [-0.2, -0.15) is 0 Å². The van der Waals surface area contributed by atoms with Crippen molar-refractivity contribution in [3.05, 3.63) is 0 Å². The summed E-state index contributed by atoms with van der Waals surface area (Å²) in [6.07, 6.45) is 7.30. The van der Waals surface area contributed by atoms with Crippen LogP contribution in [-0.4, -0.2) is 6.54 Å². The summed E-state index contributed by atoms with van der Waals surface area (Å²) in [5.41, 5.74) is 7.28. The molecule has 2 N–H and O–H groups in total. The molecule has 0 aromatic carbocycles. The lowest BCUT2D eigenvalue weighted by molar-refractivity contribution is -0.00316. The molecule has 1 heteroatoms. The van der Waals surface area contributed by atoms with Crippen molar-refractivity contribution in [1.29, 1.82) is 0 Å². The standard InChI is InChI=1S/C11H19N/c1-10-2-4-11(7-12,5-3-10)9-6-8(9)10/h8-9H,2-7,12H2,1H3. The summed E-state index contributed by atoms with van der Waals surface area (Å²) in [5.74, 6) is 2.11. The Hall–Kier alpha value is -0.0400. The highest BCUT2D eigenvalue weighted by Crippen LogP contribution is 2.72. The molecule has 0 spiro atoms. The molecule has 0 aromatic heterocycles. The number of hydrogen-bond donors (Lipinski definition) is 1. The molecule has 4 aliphatic rings. The zero-order valence-electron chi connectivity index (χ0n) is 7.97. The maximum absolute atomic E-state index is 5.93. The van der Waals surface area contributed by atoms with Gasteiger partial charge in [-0.1, -0.05) is 6.92 Å². The average Bonchev–Trinajstić information content (AvgIpc) is 2.87. The highest BCUT2D eigenvalue weighted by molar-refractivity contribution is 5.15. The third-order valence-electron chi connectivity index (χ3n) is 5.27. The minimum Gasteiger partial charge on any atom is -0.330 e. The van der Waals surface area contributed by atoms with Crippen molar-refractivity contribution in [3.63, 3.8) is 0 Å². The molecule has 0 aliphatic heterocycles. The molecule has 0 heterocycles. The van der Waals surface area contributed by atoms with Crippen LogP contribution in [0.3, 0.4) is 0 Å². The second kappa shape index (κ2) is 1.89. The molecule has 2 bridgehead atoms. The van der Waals surface area contributed by atoms with Crippen molar-refractivity contribution in [2.75, 3.05) is 6.54 Å². The van der Waals surface area contributed by atoms with Crippen molar-refractivity contribution in [2.24, 2.45) is 28.4 Å². The van der Waals surface area contributed by atoms with Gasteiger partial charge in [-0.25, -0.2) is 0 Å². The molecule has 12 heavy (non-hydrogen) atoms. The van der Waals surface area contributed by atoms with E-state index in [9.17, 15) is 0 Å². The molecule has 4 fully saturated rings. The smallest absolute Gasteiger partial charge is 0.00178 e. The Balaban J connectivity index is 1.96. The van der Waals surface area contributed by atoms with E-state index in [0.29, 0.717) is 5.41 Å². The quantitative estimate of drug-likeness (QED) is 0.633. The van der Waals surface area contributed by atoms with Crippen molar-refractivity contribution >= 4 is 0 Å². The van der Waals surface area contributed by atoms with E-state index < -0.39 is 0 Å². The van der Waals surface area contributed by atoms with Gasteiger partial charge in [0.15, 0.2) is 0 Å². The lowest BCUT2D eigenvalue weighted by Crippen LogP contribution is -2.46. The Kier molecular flexibility index (Phi) is 1.16. The molecule has 2 atom stereocenters. The predicted molar refractivity (Wildman–Crippen MR) is 49.7 cm³/mol. The van der Waals surface area contributed by atoms with E-state index >= 15 is 0 Å². The average molecular weight is 165 g/mol. The minimum absolute atomic E-state index is 0.614. The highest BCUT2D eigenvalue weighted by atomic mass is 14.7. The normalized spacial score (nSPS) is 61.5. The van der Waals surface area contributed by atoms with Crippen LogP contribution >= 0.6 is 0 Å². The largest absolute Gasteiger partial charge is 0.330 e. The SMILES string of the molecule is CC12CCC(CN)(CC1)C1CC12. The number of rotatable bonds is 1. The Morgan fingerprint density at radius 3 is 2.42 bits per heavy atom. The van der Waals surface area contributed by atoms with Gasteiger partial charge in [0.2, 0.25) is 0 Å². The van der Waals surface area contributed by atoms with Crippen molar-refractivity contribution in [1.82, 2.24) is 0 Å². The molecule has 0 aromatic rings. The molecular weight excluding hydrogens is 146 g/mol. The van der Waals surface area contributed by atoms with Crippen LogP contribution in [0.5, 0.6) is 0 Å². The Bertz CT molecular complexity index is 213. The van der Waals surface area contributed by atoms with Gasteiger partial charge in [0, 0.05) is 0 Å². The van der Waals surface area contributed by atoms with E-state index in [4.69, 9.17) is 5.73 Å². The Labute approximate surface area is 74.7 Å². The summed E-state index contributed by atoms with van der Waals surface area (Å²) in [7, 11) is 0. The number of nitrogens with two attached hydrogens (primary N) is 1. The lowest BCUT2D eigenvalue weighted by atomic mass is 9.54. The van der Waals surface area contributed by atoms with Crippen molar-refractivity contribution in [2.45, 2.75) is 39.0 Å². The molecule has 4 rings (SSSR count). The molecule has 68 valence electrons. The van der Waals surface area contributed by atoms with E-state index in [2.05, 4.69) is 6.92 Å². The molecule has 1 nitrogen and oxygen atoms in total. The fourth-order valence-electron chi connectivity index (χ4n) is 4.06. The van der Waals surface area contributed by atoms with Crippen LogP contribution in [0.2, 0.25) is 0 Å². The third-order valence-corrected chi connectivity index (χ3v) is 5.27. The number of fused-ring (bicyclic) bond motifs is 2. The van der Waals surface area contributed by atoms with Crippen molar-refractivity contribution in [3.8, 4) is 0 Å². The highest BCUT2D eigenvalue weighted by Gasteiger charge is 2.65. The molecule has 4 saturated carbocycles. The van der Waals surface area contributed by atoms with Crippen LogP contribution < -0.4 is 5.73 Å². The summed E-state index contributed by atoms with van der Waals surface area (Å²) in [6, 6.07) is 0. The lowest BCUT2D eigenvalue weighted by Gasteiger charge is -2.51.